The molecule has 17 heavy (non-hydrogen) atoms. The Bertz CT molecular complexity index is 247. The largest absolute Gasteiger partial charge is 0.342 e. The molecule has 1 rings (SSSR count). The fourth-order valence-corrected chi connectivity index (χ4v) is 2.48. The molecule has 1 saturated heterocycles. The van der Waals surface area contributed by atoms with Crippen LogP contribution in [0.4, 0.5) is 0 Å². The van der Waals surface area contributed by atoms with Gasteiger partial charge in [0.1, 0.15) is 0 Å². The van der Waals surface area contributed by atoms with Crippen LogP contribution in [0.1, 0.15) is 47.0 Å². The fraction of sp³-hybridized carbons (Fsp3) is 0.929. The second-order valence-corrected chi connectivity index (χ2v) is 5.70. The molecular formula is C14H28N2O. The second-order valence-electron chi connectivity index (χ2n) is 5.70. The van der Waals surface area contributed by atoms with Crippen LogP contribution in [0, 0.1) is 11.3 Å². The van der Waals surface area contributed by atoms with Gasteiger partial charge in [0.2, 0.25) is 5.91 Å². The molecule has 3 heteroatoms. The average molecular weight is 240 g/mol. The van der Waals surface area contributed by atoms with Crippen LogP contribution in [-0.4, -0.2) is 37.0 Å². The molecule has 0 aromatic rings. The van der Waals surface area contributed by atoms with Crippen molar-refractivity contribution in [1.29, 1.82) is 0 Å². The summed E-state index contributed by atoms with van der Waals surface area (Å²) in [6.07, 6.45) is 3.28. The minimum Gasteiger partial charge on any atom is -0.342 e. The van der Waals surface area contributed by atoms with Gasteiger partial charge >= 0.3 is 0 Å². The number of nitrogens with zero attached hydrogens (tertiary/aromatic N) is 1. The van der Waals surface area contributed by atoms with Crippen LogP contribution in [0.25, 0.3) is 0 Å². The number of hydrogen-bond acceptors (Lipinski definition) is 2. The summed E-state index contributed by atoms with van der Waals surface area (Å²) in [7, 11) is 0. The Labute approximate surface area is 106 Å². The molecule has 1 heterocycles. The molecule has 0 aromatic carbocycles. The van der Waals surface area contributed by atoms with E-state index >= 15 is 0 Å². The van der Waals surface area contributed by atoms with E-state index < -0.39 is 0 Å². The van der Waals surface area contributed by atoms with Crippen LogP contribution in [-0.2, 0) is 4.79 Å². The number of carbonyl (C=O) groups excluding carboxylic acids is 1. The van der Waals surface area contributed by atoms with Gasteiger partial charge in [0.05, 0.1) is 5.41 Å². The molecule has 1 N–H and O–H groups in total. The smallest absolute Gasteiger partial charge is 0.229 e. The molecule has 1 fully saturated rings. The lowest BCUT2D eigenvalue weighted by Crippen LogP contribution is -2.51. The highest BCUT2D eigenvalue weighted by atomic mass is 16.2. The Morgan fingerprint density at radius 2 is 2.18 bits per heavy atom. The number of amides is 1. The summed E-state index contributed by atoms with van der Waals surface area (Å²) in [5.74, 6) is 0.937. The third-order valence-electron chi connectivity index (χ3n) is 4.01. The Morgan fingerprint density at radius 3 is 2.65 bits per heavy atom. The first-order valence-corrected chi connectivity index (χ1v) is 7.03. The topological polar surface area (TPSA) is 32.3 Å². The van der Waals surface area contributed by atoms with Crippen LogP contribution in [0.2, 0.25) is 0 Å². The molecule has 0 spiro atoms. The summed E-state index contributed by atoms with van der Waals surface area (Å²) in [6.45, 7) is 12.2. The Hall–Kier alpha value is -0.570. The predicted molar refractivity (Wildman–Crippen MR) is 71.9 cm³/mol. The van der Waals surface area contributed by atoms with Gasteiger partial charge in [-0.1, -0.05) is 20.3 Å². The summed E-state index contributed by atoms with van der Waals surface area (Å²) in [5.41, 5.74) is -0.179. The van der Waals surface area contributed by atoms with Crippen LogP contribution in [0.3, 0.4) is 0 Å². The molecule has 100 valence electrons. The maximum Gasteiger partial charge on any atom is 0.229 e. The van der Waals surface area contributed by atoms with Gasteiger partial charge in [0.15, 0.2) is 0 Å². The van der Waals surface area contributed by atoms with Gasteiger partial charge in [-0.15, -0.1) is 0 Å². The second kappa shape index (κ2) is 6.39. The maximum absolute atomic E-state index is 12.6. The van der Waals surface area contributed by atoms with E-state index in [9.17, 15) is 4.79 Å². The normalized spacial score (nSPS) is 26.6. The molecule has 2 unspecified atom stereocenters. The molecule has 0 bridgehead atoms. The lowest BCUT2D eigenvalue weighted by Gasteiger charge is -2.38. The van der Waals surface area contributed by atoms with E-state index in [0.717, 1.165) is 45.4 Å². The molecule has 1 aliphatic heterocycles. The number of carbonyl (C=O) groups is 1. The molecule has 3 nitrogen and oxygen atoms in total. The van der Waals surface area contributed by atoms with Crippen molar-refractivity contribution in [3.05, 3.63) is 0 Å². The third kappa shape index (κ3) is 3.70. The first-order chi connectivity index (χ1) is 8.03. The van der Waals surface area contributed by atoms with E-state index in [1.165, 1.54) is 0 Å². The van der Waals surface area contributed by atoms with Gasteiger partial charge in [-0.2, -0.15) is 0 Å². The maximum atomic E-state index is 12.6. The number of hydrogen-bond donors (Lipinski definition) is 1. The Balaban J connectivity index is 2.64. The number of nitrogens with one attached hydrogen (secondary N) is 1. The van der Waals surface area contributed by atoms with Crippen LogP contribution >= 0.6 is 0 Å². The standard InChI is InChI=1S/C14H28N2O/c1-5-12(3)10-16(6-2)13(17)14(4)8-7-9-15-11-14/h12,15H,5-11H2,1-4H3. The molecular weight excluding hydrogens is 212 g/mol. The van der Waals surface area contributed by atoms with E-state index in [4.69, 9.17) is 0 Å². The van der Waals surface area contributed by atoms with E-state index in [0.29, 0.717) is 11.8 Å². The van der Waals surface area contributed by atoms with Crippen LogP contribution in [0.5, 0.6) is 0 Å². The van der Waals surface area contributed by atoms with Crippen molar-refractivity contribution >= 4 is 5.91 Å². The van der Waals surface area contributed by atoms with Crippen LogP contribution < -0.4 is 5.32 Å². The van der Waals surface area contributed by atoms with Gasteiger partial charge in [-0.3, -0.25) is 4.79 Å². The third-order valence-corrected chi connectivity index (χ3v) is 4.01. The van der Waals surface area contributed by atoms with Gasteiger partial charge < -0.3 is 10.2 Å². The highest BCUT2D eigenvalue weighted by Crippen LogP contribution is 2.28. The summed E-state index contributed by atoms with van der Waals surface area (Å²) in [5, 5.41) is 3.36. The SMILES string of the molecule is CCC(C)CN(CC)C(=O)C1(C)CCCNC1. The van der Waals surface area contributed by atoms with Gasteiger partial charge in [0, 0.05) is 19.6 Å². The molecule has 0 aromatic heterocycles. The lowest BCUT2D eigenvalue weighted by molar-refractivity contribution is -0.142. The molecule has 1 amide bonds. The highest BCUT2D eigenvalue weighted by molar-refractivity contribution is 5.82. The molecule has 2 atom stereocenters. The van der Waals surface area contributed by atoms with E-state index in [1.54, 1.807) is 0 Å². The zero-order valence-corrected chi connectivity index (χ0v) is 11.9. The summed E-state index contributed by atoms with van der Waals surface area (Å²) in [4.78, 5) is 14.6. The zero-order valence-electron chi connectivity index (χ0n) is 11.9. The number of rotatable bonds is 5. The van der Waals surface area contributed by atoms with Crippen molar-refractivity contribution in [2.45, 2.75) is 47.0 Å². The van der Waals surface area contributed by atoms with Gasteiger partial charge in [-0.05, 0) is 39.2 Å². The van der Waals surface area contributed by atoms with Crippen molar-refractivity contribution in [1.82, 2.24) is 10.2 Å². The van der Waals surface area contributed by atoms with E-state index in [1.807, 2.05) is 4.90 Å². The van der Waals surface area contributed by atoms with E-state index in [2.05, 4.69) is 33.0 Å². The van der Waals surface area contributed by atoms with Crippen molar-refractivity contribution in [2.24, 2.45) is 11.3 Å². The van der Waals surface area contributed by atoms with Crippen molar-refractivity contribution < 1.29 is 4.79 Å². The zero-order chi connectivity index (χ0) is 12.9. The fourth-order valence-electron chi connectivity index (χ4n) is 2.48. The monoisotopic (exact) mass is 240 g/mol. The van der Waals surface area contributed by atoms with Gasteiger partial charge in [-0.25, -0.2) is 0 Å². The van der Waals surface area contributed by atoms with Crippen molar-refractivity contribution in [3.8, 4) is 0 Å². The quantitative estimate of drug-likeness (QED) is 0.799. The highest BCUT2D eigenvalue weighted by Gasteiger charge is 2.37. The van der Waals surface area contributed by atoms with Crippen molar-refractivity contribution in [2.75, 3.05) is 26.2 Å². The molecule has 0 aliphatic carbocycles. The minimum atomic E-state index is -0.179. The van der Waals surface area contributed by atoms with Crippen molar-refractivity contribution in [3.63, 3.8) is 0 Å². The summed E-state index contributed by atoms with van der Waals surface area (Å²) in [6, 6.07) is 0. The summed E-state index contributed by atoms with van der Waals surface area (Å²) >= 11 is 0. The first kappa shape index (κ1) is 14.5. The first-order valence-electron chi connectivity index (χ1n) is 7.03. The predicted octanol–water partition coefficient (Wildman–Crippen LogP) is 2.27. The lowest BCUT2D eigenvalue weighted by atomic mass is 9.81. The van der Waals surface area contributed by atoms with Crippen LogP contribution in [0.15, 0.2) is 0 Å². The molecule has 1 aliphatic rings. The molecule has 0 radical (unpaired) electrons. The Morgan fingerprint density at radius 1 is 1.47 bits per heavy atom. The summed E-state index contributed by atoms with van der Waals surface area (Å²) < 4.78 is 0. The van der Waals surface area contributed by atoms with E-state index in [-0.39, 0.29) is 5.41 Å². The molecule has 0 saturated carbocycles. The minimum absolute atomic E-state index is 0.179. The van der Waals surface area contributed by atoms with Gasteiger partial charge in [0.25, 0.3) is 0 Å². The Kier molecular flexibility index (Phi) is 5.44. The average Bonchev–Trinajstić information content (AvgIpc) is 2.35. The number of piperidine rings is 1.